The first kappa shape index (κ1) is 15.5. The van der Waals surface area contributed by atoms with Crippen LogP contribution in [0.5, 0.6) is 0 Å². The number of likely N-dealkylation sites (N-methyl/N-ethyl adjacent to an activating group) is 1. The summed E-state index contributed by atoms with van der Waals surface area (Å²) < 4.78 is 0. The Balaban J connectivity index is 1.79. The van der Waals surface area contributed by atoms with Gasteiger partial charge in [0.25, 0.3) is 0 Å². The molecule has 0 bridgehead atoms. The molecule has 1 aromatic rings. The summed E-state index contributed by atoms with van der Waals surface area (Å²) >= 11 is 0. The molecule has 0 amide bonds. The molecule has 2 heterocycles. The number of aryl methyl sites for hydroxylation is 1. The Morgan fingerprint density at radius 3 is 2.50 bits per heavy atom. The molecule has 2 aliphatic rings. The second kappa shape index (κ2) is 7.27. The molecule has 1 aromatic heterocycles. The van der Waals surface area contributed by atoms with Crippen LogP contribution in [0.4, 0.5) is 11.8 Å². The average Bonchev–Trinajstić information content (AvgIpc) is 2.80. The Labute approximate surface area is 134 Å². The molecular weight excluding hydrogens is 274 g/mol. The smallest absolute Gasteiger partial charge is 0.224 e. The summed E-state index contributed by atoms with van der Waals surface area (Å²) in [4.78, 5) is 14.3. The van der Waals surface area contributed by atoms with Gasteiger partial charge in [-0.25, -0.2) is 4.98 Å². The zero-order valence-corrected chi connectivity index (χ0v) is 14.1. The van der Waals surface area contributed by atoms with Crippen molar-refractivity contribution in [1.29, 1.82) is 0 Å². The molecule has 22 heavy (non-hydrogen) atoms. The van der Waals surface area contributed by atoms with Crippen LogP contribution < -0.4 is 10.2 Å². The quantitative estimate of drug-likeness (QED) is 0.904. The minimum absolute atomic E-state index is 0.821. The fraction of sp³-hybridized carbons (Fsp3) is 0.765. The standard InChI is InChI=1S/C17H29N5/c1-21(2)13-10-18-17-19-15-9-7-8-14(15)16(20-17)22-11-5-3-4-6-12-22/h3-13H2,1-2H3,(H,18,19,20). The van der Waals surface area contributed by atoms with E-state index in [-0.39, 0.29) is 0 Å². The van der Waals surface area contributed by atoms with Crippen LogP contribution >= 0.6 is 0 Å². The number of rotatable bonds is 5. The summed E-state index contributed by atoms with van der Waals surface area (Å²) in [6, 6.07) is 0. The minimum atomic E-state index is 0.821. The van der Waals surface area contributed by atoms with Gasteiger partial charge in [0.05, 0.1) is 5.69 Å². The largest absolute Gasteiger partial charge is 0.356 e. The van der Waals surface area contributed by atoms with E-state index in [1.807, 2.05) is 0 Å². The van der Waals surface area contributed by atoms with Gasteiger partial charge in [-0.15, -0.1) is 0 Å². The maximum Gasteiger partial charge on any atom is 0.224 e. The van der Waals surface area contributed by atoms with Crippen LogP contribution in [0.15, 0.2) is 0 Å². The molecule has 1 N–H and O–H groups in total. The molecule has 0 aromatic carbocycles. The molecule has 0 unspecified atom stereocenters. The van der Waals surface area contributed by atoms with Crippen molar-refractivity contribution in [2.24, 2.45) is 0 Å². The Morgan fingerprint density at radius 1 is 1.00 bits per heavy atom. The highest BCUT2D eigenvalue weighted by Gasteiger charge is 2.23. The Morgan fingerprint density at radius 2 is 1.77 bits per heavy atom. The Kier molecular flexibility index (Phi) is 5.13. The first-order valence-electron chi connectivity index (χ1n) is 8.77. The molecule has 3 rings (SSSR count). The maximum absolute atomic E-state index is 4.89. The predicted molar refractivity (Wildman–Crippen MR) is 91.8 cm³/mol. The lowest BCUT2D eigenvalue weighted by atomic mass is 10.2. The van der Waals surface area contributed by atoms with Gasteiger partial charge in [-0.3, -0.25) is 0 Å². The van der Waals surface area contributed by atoms with Gasteiger partial charge in [0.2, 0.25) is 5.95 Å². The van der Waals surface area contributed by atoms with Crippen molar-refractivity contribution in [1.82, 2.24) is 14.9 Å². The molecule has 0 atom stereocenters. The van der Waals surface area contributed by atoms with Crippen molar-refractivity contribution in [2.45, 2.75) is 44.9 Å². The maximum atomic E-state index is 4.89. The fourth-order valence-electron chi connectivity index (χ4n) is 3.43. The normalized spacial score (nSPS) is 18.4. The minimum Gasteiger partial charge on any atom is -0.356 e. The molecule has 0 saturated carbocycles. The average molecular weight is 303 g/mol. The van der Waals surface area contributed by atoms with Gasteiger partial charge in [-0.1, -0.05) is 12.8 Å². The summed E-state index contributed by atoms with van der Waals surface area (Å²) in [5.41, 5.74) is 2.70. The predicted octanol–water partition coefficient (Wildman–Crippen LogP) is 2.32. The van der Waals surface area contributed by atoms with Gasteiger partial charge in [-0.2, -0.15) is 4.98 Å². The highest BCUT2D eigenvalue weighted by Crippen LogP contribution is 2.31. The number of hydrogen-bond donors (Lipinski definition) is 1. The van der Waals surface area contributed by atoms with E-state index in [0.29, 0.717) is 0 Å². The number of nitrogens with one attached hydrogen (secondary N) is 1. The zero-order chi connectivity index (χ0) is 15.4. The third-order valence-corrected chi connectivity index (χ3v) is 4.66. The summed E-state index contributed by atoms with van der Waals surface area (Å²) in [6.07, 6.45) is 8.80. The first-order valence-corrected chi connectivity index (χ1v) is 8.77. The fourth-order valence-corrected chi connectivity index (χ4v) is 3.43. The summed E-state index contributed by atoms with van der Waals surface area (Å²) in [7, 11) is 4.18. The highest BCUT2D eigenvalue weighted by molar-refractivity contribution is 5.54. The summed E-state index contributed by atoms with van der Waals surface area (Å²) in [5.74, 6) is 2.04. The van der Waals surface area contributed by atoms with E-state index in [1.54, 1.807) is 0 Å². The first-order chi connectivity index (χ1) is 10.7. The second-order valence-corrected chi connectivity index (χ2v) is 6.78. The molecule has 0 radical (unpaired) electrons. The van der Waals surface area contributed by atoms with Crippen LogP contribution in [0.1, 0.15) is 43.4 Å². The molecule has 122 valence electrons. The summed E-state index contributed by atoms with van der Waals surface area (Å²) in [5, 5.41) is 3.41. The molecule has 1 aliphatic carbocycles. The number of fused-ring (bicyclic) bond motifs is 1. The molecule has 1 fully saturated rings. The topological polar surface area (TPSA) is 44.3 Å². The molecule has 5 nitrogen and oxygen atoms in total. The van der Waals surface area contributed by atoms with Crippen LogP contribution in [-0.4, -0.2) is 55.1 Å². The van der Waals surface area contributed by atoms with Crippen molar-refractivity contribution in [3.8, 4) is 0 Å². The van der Waals surface area contributed by atoms with Gasteiger partial charge in [0.1, 0.15) is 5.82 Å². The second-order valence-electron chi connectivity index (χ2n) is 6.78. The van der Waals surface area contributed by atoms with Crippen molar-refractivity contribution >= 4 is 11.8 Å². The van der Waals surface area contributed by atoms with E-state index in [4.69, 9.17) is 9.97 Å². The lowest BCUT2D eigenvalue weighted by Gasteiger charge is -2.24. The molecule has 1 saturated heterocycles. The van der Waals surface area contributed by atoms with Crippen molar-refractivity contribution in [3.63, 3.8) is 0 Å². The number of anilines is 2. The molecule has 0 spiro atoms. The van der Waals surface area contributed by atoms with Crippen LogP contribution in [-0.2, 0) is 12.8 Å². The third-order valence-electron chi connectivity index (χ3n) is 4.66. The van der Waals surface area contributed by atoms with Crippen LogP contribution in [0.2, 0.25) is 0 Å². The summed E-state index contributed by atoms with van der Waals surface area (Å²) in [6.45, 7) is 4.20. The van der Waals surface area contributed by atoms with Crippen LogP contribution in [0.3, 0.4) is 0 Å². The Bertz CT molecular complexity index is 492. The Hall–Kier alpha value is -1.36. The molecule has 5 heteroatoms. The van der Waals surface area contributed by atoms with E-state index in [2.05, 4.69) is 29.2 Å². The van der Waals surface area contributed by atoms with Crippen molar-refractivity contribution < 1.29 is 0 Å². The lowest BCUT2D eigenvalue weighted by molar-refractivity contribution is 0.425. The van der Waals surface area contributed by atoms with Crippen molar-refractivity contribution in [2.75, 3.05) is 50.5 Å². The van der Waals surface area contributed by atoms with Gasteiger partial charge >= 0.3 is 0 Å². The van der Waals surface area contributed by atoms with Crippen LogP contribution in [0, 0.1) is 0 Å². The third kappa shape index (κ3) is 3.69. The van der Waals surface area contributed by atoms with Gasteiger partial charge in [0, 0.05) is 31.7 Å². The van der Waals surface area contributed by atoms with E-state index in [9.17, 15) is 0 Å². The number of nitrogens with zero attached hydrogens (tertiary/aromatic N) is 4. The lowest BCUT2D eigenvalue weighted by Crippen LogP contribution is -2.27. The highest BCUT2D eigenvalue weighted by atomic mass is 15.2. The van der Waals surface area contributed by atoms with E-state index < -0.39 is 0 Å². The van der Waals surface area contributed by atoms with E-state index >= 15 is 0 Å². The number of aromatic nitrogens is 2. The van der Waals surface area contributed by atoms with Crippen LogP contribution in [0.25, 0.3) is 0 Å². The van der Waals surface area contributed by atoms with Gasteiger partial charge in [0.15, 0.2) is 0 Å². The van der Waals surface area contributed by atoms with E-state index in [1.165, 1.54) is 49.2 Å². The zero-order valence-electron chi connectivity index (χ0n) is 14.1. The van der Waals surface area contributed by atoms with E-state index in [0.717, 1.165) is 45.0 Å². The number of hydrogen-bond acceptors (Lipinski definition) is 5. The van der Waals surface area contributed by atoms with Gasteiger partial charge < -0.3 is 15.1 Å². The monoisotopic (exact) mass is 303 g/mol. The van der Waals surface area contributed by atoms with Crippen molar-refractivity contribution in [3.05, 3.63) is 11.3 Å². The molecule has 1 aliphatic heterocycles. The molecular formula is C17H29N5. The van der Waals surface area contributed by atoms with Gasteiger partial charge in [-0.05, 0) is 46.2 Å². The SMILES string of the molecule is CN(C)CCNc1nc2c(c(N3CCCCCC3)n1)CCC2.